The third kappa shape index (κ3) is 3.37. The minimum atomic E-state index is -0.226. The lowest BCUT2D eigenvalue weighted by atomic mass is 10.1. The second-order valence-electron chi connectivity index (χ2n) is 4.37. The van der Waals surface area contributed by atoms with Crippen LogP contribution < -0.4 is 15.2 Å². The van der Waals surface area contributed by atoms with Gasteiger partial charge in [0.05, 0.1) is 12.7 Å². The first-order valence-electron chi connectivity index (χ1n) is 6.07. The van der Waals surface area contributed by atoms with E-state index in [1.807, 2.05) is 25.1 Å². The van der Waals surface area contributed by atoms with Crippen LogP contribution in [0.3, 0.4) is 0 Å². The molecule has 0 heterocycles. The highest BCUT2D eigenvalue weighted by atomic mass is 35.5. The number of hydrogen-bond donors (Lipinski definition) is 1. The van der Waals surface area contributed by atoms with Gasteiger partial charge in [-0.3, -0.25) is 0 Å². The maximum Gasteiger partial charge on any atom is 0.135 e. The van der Waals surface area contributed by atoms with Crippen molar-refractivity contribution in [3.63, 3.8) is 0 Å². The second-order valence-corrected chi connectivity index (χ2v) is 5.24. The molecule has 1 atom stereocenters. The Hall–Kier alpha value is -1.42. The highest BCUT2D eigenvalue weighted by molar-refractivity contribution is 6.34. The highest BCUT2D eigenvalue weighted by Gasteiger charge is 2.15. The fraction of sp³-hybridized carbons (Fsp3) is 0.200. The summed E-state index contributed by atoms with van der Waals surface area (Å²) in [4.78, 5) is 0. The van der Waals surface area contributed by atoms with Crippen molar-refractivity contribution in [3.05, 3.63) is 52.0 Å². The van der Waals surface area contributed by atoms with E-state index in [0.717, 1.165) is 5.56 Å². The Balaban J connectivity index is 2.42. The molecule has 3 nitrogen and oxygen atoms in total. The van der Waals surface area contributed by atoms with Crippen LogP contribution in [0.1, 0.15) is 18.5 Å². The molecule has 2 aromatic carbocycles. The van der Waals surface area contributed by atoms with E-state index in [0.29, 0.717) is 27.3 Å². The Kier molecular flexibility index (Phi) is 4.76. The molecule has 0 aliphatic rings. The molecule has 0 bridgehead atoms. The van der Waals surface area contributed by atoms with Gasteiger partial charge in [0.1, 0.15) is 17.2 Å². The molecule has 2 rings (SSSR count). The number of methoxy groups -OCH3 is 1. The van der Waals surface area contributed by atoms with Crippen LogP contribution in [0.25, 0.3) is 0 Å². The minimum Gasteiger partial charge on any atom is -0.496 e. The first-order valence-corrected chi connectivity index (χ1v) is 6.83. The molecule has 0 saturated carbocycles. The molecule has 0 aliphatic carbocycles. The Morgan fingerprint density at radius 1 is 1.05 bits per heavy atom. The van der Waals surface area contributed by atoms with Gasteiger partial charge < -0.3 is 15.2 Å². The van der Waals surface area contributed by atoms with E-state index in [9.17, 15) is 0 Å². The maximum atomic E-state index is 5.99. The van der Waals surface area contributed by atoms with Crippen LogP contribution in [0.15, 0.2) is 36.4 Å². The van der Waals surface area contributed by atoms with Gasteiger partial charge in [-0.25, -0.2) is 0 Å². The summed E-state index contributed by atoms with van der Waals surface area (Å²) in [6, 6.07) is 10.3. The average molecular weight is 312 g/mol. The van der Waals surface area contributed by atoms with Crippen LogP contribution in [0, 0.1) is 0 Å². The van der Waals surface area contributed by atoms with Crippen LogP contribution >= 0.6 is 23.2 Å². The van der Waals surface area contributed by atoms with Gasteiger partial charge in [-0.15, -0.1) is 0 Å². The molecule has 20 heavy (non-hydrogen) atoms. The lowest BCUT2D eigenvalue weighted by Gasteiger charge is -2.17. The van der Waals surface area contributed by atoms with E-state index in [1.165, 1.54) is 0 Å². The SMILES string of the molecule is COc1cccc(Oc2cc(Cl)cc(Cl)c2)c1C(C)N. The molecular formula is C15H15Cl2NO2. The zero-order valence-electron chi connectivity index (χ0n) is 11.2. The Bertz CT molecular complexity index is 595. The molecule has 0 spiro atoms. The molecule has 2 aromatic rings. The van der Waals surface area contributed by atoms with Gasteiger partial charge in [0.15, 0.2) is 0 Å². The van der Waals surface area contributed by atoms with Crippen LogP contribution in [0.5, 0.6) is 17.2 Å². The summed E-state index contributed by atoms with van der Waals surface area (Å²) >= 11 is 11.9. The number of halogens is 2. The summed E-state index contributed by atoms with van der Waals surface area (Å²) < 4.78 is 11.2. The van der Waals surface area contributed by atoms with Crippen LogP contribution in [0.4, 0.5) is 0 Å². The third-order valence-electron chi connectivity index (χ3n) is 2.77. The van der Waals surface area contributed by atoms with Gasteiger partial charge in [0.2, 0.25) is 0 Å². The van der Waals surface area contributed by atoms with Gasteiger partial charge in [-0.05, 0) is 37.3 Å². The van der Waals surface area contributed by atoms with E-state index >= 15 is 0 Å². The fourth-order valence-electron chi connectivity index (χ4n) is 1.95. The molecule has 5 heteroatoms. The highest BCUT2D eigenvalue weighted by Crippen LogP contribution is 2.36. The summed E-state index contributed by atoms with van der Waals surface area (Å²) in [6.07, 6.45) is 0. The first-order chi connectivity index (χ1) is 9.51. The third-order valence-corrected chi connectivity index (χ3v) is 3.20. The average Bonchev–Trinajstić information content (AvgIpc) is 2.36. The van der Waals surface area contributed by atoms with Crippen LogP contribution in [-0.2, 0) is 0 Å². The molecule has 2 N–H and O–H groups in total. The van der Waals surface area contributed by atoms with Gasteiger partial charge in [0, 0.05) is 16.1 Å². The Morgan fingerprint density at radius 2 is 1.65 bits per heavy atom. The van der Waals surface area contributed by atoms with E-state index in [-0.39, 0.29) is 6.04 Å². The van der Waals surface area contributed by atoms with Crippen molar-refractivity contribution >= 4 is 23.2 Å². The summed E-state index contributed by atoms with van der Waals surface area (Å²) in [7, 11) is 1.60. The summed E-state index contributed by atoms with van der Waals surface area (Å²) in [6.45, 7) is 1.87. The van der Waals surface area contributed by atoms with Crippen molar-refractivity contribution in [1.29, 1.82) is 0 Å². The molecule has 0 radical (unpaired) electrons. The minimum absolute atomic E-state index is 0.226. The molecule has 0 aliphatic heterocycles. The summed E-state index contributed by atoms with van der Waals surface area (Å²) in [5.74, 6) is 1.86. The Morgan fingerprint density at radius 3 is 2.20 bits per heavy atom. The molecule has 0 amide bonds. The largest absolute Gasteiger partial charge is 0.496 e. The van der Waals surface area contributed by atoms with Crippen molar-refractivity contribution in [2.75, 3.05) is 7.11 Å². The van der Waals surface area contributed by atoms with Crippen molar-refractivity contribution < 1.29 is 9.47 Å². The van der Waals surface area contributed by atoms with Crippen LogP contribution in [-0.4, -0.2) is 7.11 Å². The van der Waals surface area contributed by atoms with E-state index in [4.69, 9.17) is 38.4 Å². The molecule has 0 saturated heterocycles. The first kappa shape index (κ1) is 15.0. The number of ether oxygens (including phenoxy) is 2. The number of benzene rings is 2. The zero-order chi connectivity index (χ0) is 14.7. The zero-order valence-corrected chi connectivity index (χ0v) is 12.7. The molecule has 0 fully saturated rings. The summed E-state index contributed by atoms with van der Waals surface area (Å²) in [5.41, 5.74) is 6.79. The van der Waals surface area contributed by atoms with Gasteiger partial charge >= 0.3 is 0 Å². The van der Waals surface area contributed by atoms with Gasteiger partial charge in [-0.2, -0.15) is 0 Å². The quantitative estimate of drug-likeness (QED) is 0.880. The topological polar surface area (TPSA) is 44.5 Å². The second kappa shape index (κ2) is 6.35. The Labute approximate surface area is 128 Å². The normalized spacial score (nSPS) is 12.1. The van der Waals surface area contributed by atoms with Crippen molar-refractivity contribution in [3.8, 4) is 17.2 Å². The van der Waals surface area contributed by atoms with E-state index in [2.05, 4.69) is 0 Å². The smallest absolute Gasteiger partial charge is 0.135 e. The number of hydrogen-bond acceptors (Lipinski definition) is 3. The predicted molar refractivity (Wildman–Crippen MR) is 82.1 cm³/mol. The van der Waals surface area contributed by atoms with Crippen molar-refractivity contribution in [2.45, 2.75) is 13.0 Å². The van der Waals surface area contributed by atoms with E-state index in [1.54, 1.807) is 25.3 Å². The van der Waals surface area contributed by atoms with Gasteiger partial charge in [0.25, 0.3) is 0 Å². The predicted octanol–water partition coefficient (Wildman–Crippen LogP) is 4.81. The lowest BCUT2D eigenvalue weighted by Crippen LogP contribution is -2.08. The number of nitrogens with two attached hydrogens (primary N) is 1. The monoisotopic (exact) mass is 311 g/mol. The number of rotatable bonds is 4. The molecule has 1 unspecified atom stereocenters. The summed E-state index contributed by atoms with van der Waals surface area (Å²) in [5, 5.41) is 1.02. The standard InChI is InChI=1S/C15H15Cl2NO2/c1-9(18)15-13(19-2)4-3-5-14(15)20-12-7-10(16)6-11(17)8-12/h3-9H,18H2,1-2H3. The van der Waals surface area contributed by atoms with Gasteiger partial charge in [-0.1, -0.05) is 29.3 Å². The molecule has 106 valence electrons. The maximum absolute atomic E-state index is 5.99. The van der Waals surface area contributed by atoms with Crippen molar-refractivity contribution in [2.24, 2.45) is 5.73 Å². The fourth-order valence-corrected chi connectivity index (χ4v) is 2.46. The lowest BCUT2D eigenvalue weighted by molar-refractivity contribution is 0.397. The molecular weight excluding hydrogens is 297 g/mol. The molecule has 0 aromatic heterocycles. The van der Waals surface area contributed by atoms with Crippen molar-refractivity contribution in [1.82, 2.24) is 0 Å². The van der Waals surface area contributed by atoms with E-state index < -0.39 is 0 Å². The van der Waals surface area contributed by atoms with Crippen LogP contribution in [0.2, 0.25) is 10.0 Å².